The molecule has 3 nitrogen and oxygen atoms in total. The maximum atomic E-state index is 12.3. The lowest BCUT2D eigenvalue weighted by Gasteiger charge is -2.16. The molecule has 2 rings (SSSR count). The normalized spacial score (nSPS) is 27.1. The first-order valence-corrected chi connectivity index (χ1v) is 5.57. The molecule has 6 heteroatoms. The maximum absolute atomic E-state index is 12.3. The molecule has 0 aliphatic heterocycles. The van der Waals surface area contributed by atoms with E-state index in [0.29, 0.717) is 12.0 Å². The van der Waals surface area contributed by atoms with Crippen molar-refractivity contribution in [2.24, 2.45) is 11.1 Å². The van der Waals surface area contributed by atoms with Gasteiger partial charge in [-0.1, -0.05) is 18.2 Å². The molecule has 1 aromatic rings. The molecule has 3 N–H and O–H groups in total. The summed E-state index contributed by atoms with van der Waals surface area (Å²) in [4.78, 5) is 0. The largest absolute Gasteiger partial charge is 0.573 e. The fraction of sp³-hybridized carbons (Fsp3) is 0.500. The second kappa shape index (κ2) is 4.44. The number of ether oxygens (including phenoxy) is 1. The zero-order valence-electron chi connectivity index (χ0n) is 9.57. The van der Waals surface area contributed by atoms with Gasteiger partial charge in [0.25, 0.3) is 0 Å². The number of nitrogens with two attached hydrogens (primary N) is 1. The fourth-order valence-electron chi connectivity index (χ4n) is 2.24. The fourth-order valence-corrected chi connectivity index (χ4v) is 2.24. The van der Waals surface area contributed by atoms with E-state index in [4.69, 9.17) is 5.73 Å². The predicted molar refractivity (Wildman–Crippen MR) is 59.1 cm³/mol. The van der Waals surface area contributed by atoms with Crippen LogP contribution >= 0.6 is 0 Å². The smallest absolute Gasteiger partial charge is 0.405 e. The number of para-hydroxylation sites is 1. The van der Waals surface area contributed by atoms with E-state index in [1.807, 2.05) is 0 Å². The van der Waals surface area contributed by atoms with Crippen molar-refractivity contribution in [3.63, 3.8) is 0 Å². The summed E-state index contributed by atoms with van der Waals surface area (Å²) in [5.74, 6) is -0.384. The summed E-state index contributed by atoms with van der Waals surface area (Å²) in [6.45, 7) is 0.114. The minimum atomic E-state index is -4.71. The molecule has 2 atom stereocenters. The van der Waals surface area contributed by atoms with Crippen molar-refractivity contribution in [2.45, 2.75) is 18.7 Å². The van der Waals surface area contributed by atoms with Gasteiger partial charge in [-0.25, -0.2) is 0 Å². The van der Waals surface area contributed by atoms with Crippen LogP contribution in [0.25, 0.3) is 0 Å². The highest BCUT2D eigenvalue weighted by atomic mass is 19.4. The molecule has 1 saturated carbocycles. The summed E-state index contributed by atoms with van der Waals surface area (Å²) in [5.41, 5.74) is 5.52. The molecule has 0 spiro atoms. The van der Waals surface area contributed by atoms with Crippen molar-refractivity contribution in [3.05, 3.63) is 29.8 Å². The molecule has 0 aromatic heterocycles. The highest BCUT2D eigenvalue weighted by Gasteiger charge is 2.54. The molecular weight excluding hydrogens is 247 g/mol. The van der Waals surface area contributed by atoms with Crippen LogP contribution in [-0.2, 0) is 0 Å². The van der Waals surface area contributed by atoms with E-state index in [1.54, 1.807) is 12.1 Å². The predicted octanol–water partition coefficient (Wildman–Crippen LogP) is 2.01. The number of hydrogen-bond acceptors (Lipinski definition) is 3. The van der Waals surface area contributed by atoms with E-state index in [-0.39, 0.29) is 24.8 Å². The van der Waals surface area contributed by atoms with Crippen LogP contribution < -0.4 is 10.5 Å². The van der Waals surface area contributed by atoms with E-state index in [2.05, 4.69) is 4.74 Å². The number of aliphatic hydroxyl groups excluding tert-OH is 1. The van der Waals surface area contributed by atoms with Crippen molar-refractivity contribution in [2.75, 3.05) is 13.2 Å². The number of rotatable bonds is 4. The molecule has 0 radical (unpaired) electrons. The quantitative estimate of drug-likeness (QED) is 0.871. The third-order valence-electron chi connectivity index (χ3n) is 3.43. The second-order valence-corrected chi connectivity index (χ2v) is 4.57. The van der Waals surface area contributed by atoms with Crippen LogP contribution in [0.15, 0.2) is 24.3 Å². The molecule has 18 heavy (non-hydrogen) atoms. The molecule has 0 amide bonds. The van der Waals surface area contributed by atoms with Crippen molar-refractivity contribution in [1.29, 1.82) is 0 Å². The van der Waals surface area contributed by atoms with Crippen LogP contribution in [0, 0.1) is 5.41 Å². The molecular formula is C12H14F3NO2. The molecule has 0 bridgehead atoms. The Balaban J connectivity index is 2.25. The minimum Gasteiger partial charge on any atom is -0.405 e. The monoisotopic (exact) mass is 261 g/mol. The summed E-state index contributed by atoms with van der Waals surface area (Å²) in [6.07, 6.45) is -4.13. The topological polar surface area (TPSA) is 55.5 Å². The van der Waals surface area contributed by atoms with Gasteiger partial charge < -0.3 is 15.6 Å². The highest BCUT2D eigenvalue weighted by molar-refractivity contribution is 5.42. The lowest BCUT2D eigenvalue weighted by Crippen LogP contribution is -2.22. The lowest BCUT2D eigenvalue weighted by molar-refractivity contribution is -0.274. The summed E-state index contributed by atoms with van der Waals surface area (Å²) >= 11 is 0. The third kappa shape index (κ3) is 2.44. The third-order valence-corrected chi connectivity index (χ3v) is 3.43. The molecule has 1 aliphatic carbocycles. The Morgan fingerprint density at radius 2 is 2.06 bits per heavy atom. The Morgan fingerprint density at radius 3 is 2.56 bits per heavy atom. The first-order valence-electron chi connectivity index (χ1n) is 5.57. The molecule has 100 valence electrons. The van der Waals surface area contributed by atoms with Crippen LogP contribution in [0.1, 0.15) is 17.9 Å². The Hall–Kier alpha value is -1.27. The molecule has 0 unspecified atom stereocenters. The van der Waals surface area contributed by atoms with E-state index in [0.717, 1.165) is 0 Å². The van der Waals surface area contributed by atoms with Crippen molar-refractivity contribution in [1.82, 2.24) is 0 Å². The van der Waals surface area contributed by atoms with Gasteiger partial charge in [0.2, 0.25) is 0 Å². The van der Waals surface area contributed by atoms with E-state index in [1.165, 1.54) is 12.1 Å². The van der Waals surface area contributed by atoms with Gasteiger partial charge in [-0.2, -0.15) is 0 Å². The minimum absolute atomic E-state index is 0.130. The average Bonchev–Trinajstić information content (AvgIpc) is 3.03. The SMILES string of the molecule is NC[C@]1(CO)C[C@@H]1c1ccccc1OC(F)(F)F. The second-order valence-electron chi connectivity index (χ2n) is 4.57. The Morgan fingerprint density at radius 1 is 1.39 bits per heavy atom. The van der Waals surface area contributed by atoms with E-state index < -0.39 is 11.8 Å². The van der Waals surface area contributed by atoms with Gasteiger partial charge in [0, 0.05) is 12.0 Å². The Labute approximate surface area is 102 Å². The zero-order valence-corrected chi connectivity index (χ0v) is 9.57. The number of benzene rings is 1. The maximum Gasteiger partial charge on any atom is 0.573 e. The number of alkyl halides is 3. The first-order chi connectivity index (χ1) is 8.42. The summed E-state index contributed by atoms with van der Waals surface area (Å²) in [7, 11) is 0. The van der Waals surface area contributed by atoms with Crippen molar-refractivity contribution in [3.8, 4) is 5.75 Å². The summed E-state index contributed by atoms with van der Waals surface area (Å²) < 4.78 is 40.8. The van der Waals surface area contributed by atoms with Gasteiger partial charge in [0.1, 0.15) is 5.75 Å². The van der Waals surface area contributed by atoms with Gasteiger partial charge in [-0.15, -0.1) is 13.2 Å². The first kappa shape index (κ1) is 13.2. The number of halogens is 3. The summed E-state index contributed by atoms with van der Waals surface area (Å²) in [5, 5.41) is 9.27. The zero-order chi connectivity index (χ0) is 13.4. The van der Waals surface area contributed by atoms with Crippen LogP contribution in [-0.4, -0.2) is 24.6 Å². The van der Waals surface area contributed by atoms with Gasteiger partial charge in [-0.05, 0) is 24.0 Å². The highest BCUT2D eigenvalue weighted by Crippen LogP contribution is 2.60. The van der Waals surface area contributed by atoms with Gasteiger partial charge in [-0.3, -0.25) is 0 Å². The molecule has 1 fully saturated rings. The van der Waals surface area contributed by atoms with Gasteiger partial charge in [0.15, 0.2) is 0 Å². The van der Waals surface area contributed by atoms with Crippen molar-refractivity contribution >= 4 is 0 Å². The molecule has 0 heterocycles. The van der Waals surface area contributed by atoms with E-state index in [9.17, 15) is 18.3 Å². The standard InChI is InChI=1S/C12H14F3NO2/c13-12(14,15)18-10-4-2-1-3-8(10)9-5-11(9,6-16)7-17/h1-4,9,17H,5-7,16H2/t9-,11+/m1/s1. The van der Waals surface area contributed by atoms with Crippen molar-refractivity contribution < 1.29 is 23.0 Å². The lowest BCUT2D eigenvalue weighted by atomic mass is 9.99. The van der Waals surface area contributed by atoms with Gasteiger partial charge in [0.05, 0.1) is 6.61 Å². The average molecular weight is 261 g/mol. The Kier molecular flexibility index (Phi) is 3.25. The number of hydrogen-bond donors (Lipinski definition) is 2. The van der Waals surface area contributed by atoms with E-state index >= 15 is 0 Å². The summed E-state index contributed by atoms with van der Waals surface area (Å²) in [6, 6.07) is 5.99. The number of aliphatic hydroxyl groups is 1. The van der Waals surface area contributed by atoms with Crippen LogP contribution in [0.4, 0.5) is 13.2 Å². The van der Waals surface area contributed by atoms with Crippen LogP contribution in [0.2, 0.25) is 0 Å². The Bertz CT molecular complexity index is 430. The molecule has 0 saturated heterocycles. The van der Waals surface area contributed by atoms with Crippen LogP contribution in [0.3, 0.4) is 0 Å². The molecule has 1 aliphatic rings. The van der Waals surface area contributed by atoms with Crippen LogP contribution in [0.5, 0.6) is 5.75 Å². The van der Waals surface area contributed by atoms with Gasteiger partial charge >= 0.3 is 6.36 Å². The molecule has 1 aromatic carbocycles.